The Bertz CT molecular complexity index is 637. The summed E-state index contributed by atoms with van der Waals surface area (Å²) in [7, 11) is 4.73. The second kappa shape index (κ2) is 8.78. The topological polar surface area (TPSA) is 77.1 Å². The quantitative estimate of drug-likeness (QED) is 0.836. The molecule has 1 atom stereocenters. The lowest BCUT2D eigenvalue weighted by Gasteiger charge is -2.28. The third-order valence-electron chi connectivity index (χ3n) is 3.69. The molecule has 1 rings (SSSR count). The van der Waals surface area contributed by atoms with Crippen LogP contribution in [0.3, 0.4) is 0 Å². The Labute approximate surface area is 155 Å². The molecule has 0 bridgehead atoms. The number of amides is 2. The number of benzene rings is 1. The van der Waals surface area contributed by atoms with Crippen molar-refractivity contribution in [1.82, 2.24) is 5.32 Å². The number of ether oxygens (including phenoxy) is 3. The predicted octanol–water partition coefficient (Wildman–Crippen LogP) is 3.22. The van der Waals surface area contributed by atoms with E-state index in [1.807, 2.05) is 13.8 Å². The molecule has 26 heavy (non-hydrogen) atoms. The number of rotatable bonds is 6. The predicted molar refractivity (Wildman–Crippen MR) is 101 cm³/mol. The van der Waals surface area contributed by atoms with E-state index in [-0.39, 0.29) is 11.8 Å². The standard InChI is InChI=1S/C19H30N2O5/c1-12(2)16(20-18(23)26-19(3,4)5)17(22)21(6)13-9-10-14(24-7)15(11-13)25-8/h9-12,16H,1-8H3,(H,20,23). The third kappa shape index (κ3) is 5.82. The fraction of sp³-hybridized carbons (Fsp3) is 0.579. The van der Waals surface area contributed by atoms with Crippen LogP contribution in [-0.4, -0.2) is 44.9 Å². The van der Waals surface area contributed by atoms with Gasteiger partial charge in [-0.1, -0.05) is 13.8 Å². The van der Waals surface area contributed by atoms with Gasteiger partial charge in [-0.2, -0.15) is 0 Å². The van der Waals surface area contributed by atoms with E-state index in [2.05, 4.69) is 5.32 Å². The minimum Gasteiger partial charge on any atom is -0.493 e. The number of hydrogen-bond donors (Lipinski definition) is 1. The molecule has 0 saturated carbocycles. The molecule has 7 nitrogen and oxygen atoms in total. The number of nitrogens with one attached hydrogen (secondary N) is 1. The van der Waals surface area contributed by atoms with Crippen LogP contribution in [0.2, 0.25) is 0 Å². The van der Waals surface area contributed by atoms with Crippen molar-refractivity contribution < 1.29 is 23.8 Å². The first-order chi connectivity index (χ1) is 12.0. The molecule has 0 fully saturated rings. The monoisotopic (exact) mass is 366 g/mol. The zero-order valence-corrected chi connectivity index (χ0v) is 16.9. The van der Waals surface area contributed by atoms with Crippen LogP contribution in [0, 0.1) is 5.92 Å². The Morgan fingerprint density at radius 1 is 1.08 bits per heavy atom. The van der Waals surface area contributed by atoms with E-state index in [0.29, 0.717) is 17.2 Å². The van der Waals surface area contributed by atoms with E-state index in [0.717, 1.165) is 0 Å². The Hall–Kier alpha value is -2.44. The average molecular weight is 366 g/mol. The van der Waals surface area contributed by atoms with Crippen molar-refractivity contribution in [3.8, 4) is 11.5 Å². The molecule has 0 heterocycles. The van der Waals surface area contributed by atoms with Gasteiger partial charge in [0.15, 0.2) is 11.5 Å². The van der Waals surface area contributed by atoms with E-state index in [9.17, 15) is 9.59 Å². The van der Waals surface area contributed by atoms with Crippen LogP contribution in [0.25, 0.3) is 0 Å². The molecular formula is C19H30N2O5. The van der Waals surface area contributed by atoms with Crippen molar-refractivity contribution in [2.45, 2.75) is 46.3 Å². The van der Waals surface area contributed by atoms with Crippen molar-refractivity contribution in [3.05, 3.63) is 18.2 Å². The molecule has 0 aliphatic rings. The molecule has 0 spiro atoms. The van der Waals surface area contributed by atoms with Gasteiger partial charge in [0.2, 0.25) is 5.91 Å². The summed E-state index contributed by atoms with van der Waals surface area (Å²) in [5, 5.41) is 2.67. The maximum Gasteiger partial charge on any atom is 0.408 e. The number of nitrogens with zero attached hydrogens (tertiary/aromatic N) is 1. The zero-order chi connectivity index (χ0) is 20.1. The van der Waals surface area contributed by atoms with Crippen molar-refractivity contribution >= 4 is 17.7 Å². The summed E-state index contributed by atoms with van der Waals surface area (Å²) in [5.74, 6) is 0.728. The van der Waals surface area contributed by atoms with Crippen LogP contribution in [0.5, 0.6) is 11.5 Å². The highest BCUT2D eigenvalue weighted by atomic mass is 16.6. The number of alkyl carbamates (subject to hydrolysis) is 1. The lowest BCUT2D eigenvalue weighted by atomic mass is 10.0. The molecule has 0 saturated heterocycles. The van der Waals surface area contributed by atoms with Crippen LogP contribution < -0.4 is 19.7 Å². The van der Waals surface area contributed by atoms with Crippen LogP contribution in [-0.2, 0) is 9.53 Å². The molecule has 0 aromatic heterocycles. The second-order valence-corrected chi connectivity index (χ2v) is 7.30. The first-order valence-corrected chi connectivity index (χ1v) is 8.49. The molecule has 7 heteroatoms. The summed E-state index contributed by atoms with van der Waals surface area (Å²) in [6.45, 7) is 9.04. The summed E-state index contributed by atoms with van der Waals surface area (Å²) in [4.78, 5) is 26.5. The molecule has 146 valence electrons. The van der Waals surface area contributed by atoms with Gasteiger partial charge in [0.25, 0.3) is 0 Å². The van der Waals surface area contributed by atoms with Crippen LogP contribution in [0.4, 0.5) is 10.5 Å². The van der Waals surface area contributed by atoms with Crippen LogP contribution in [0.15, 0.2) is 18.2 Å². The molecular weight excluding hydrogens is 336 g/mol. The first kappa shape index (κ1) is 21.6. The van der Waals surface area contributed by atoms with Crippen molar-refractivity contribution in [3.63, 3.8) is 0 Å². The summed E-state index contributed by atoms with van der Waals surface area (Å²) in [6.07, 6.45) is -0.620. The Morgan fingerprint density at radius 3 is 2.12 bits per heavy atom. The minimum atomic E-state index is -0.719. The van der Waals surface area contributed by atoms with E-state index >= 15 is 0 Å². The summed E-state index contributed by atoms with van der Waals surface area (Å²) in [5.41, 5.74) is -0.00604. The first-order valence-electron chi connectivity index (χ1n) is 8.49. The smallest absolute Gasteiger partial charge is 0.408 e. The molecule has 1 unspecified atom stereocenters. The Kier molecular flexibility index (Phi) is 7.29. The molecule has 0 aliphatic carbocycles. The van der Waals surface area contributed by atoms with Gasteiger partial charge in [0.05, 0.1) is 14.2 Å². The van der Waals surface area contributed by atoms with Gasteiger partial charge >= 0.3 is 6.09 Å². The number of carbonyl (C=O) groups is 2. The fourth-order valence-corrected chi connectivity index (χ4v) is 2.32. The Morgan fingerprint density at radius 2 is 1.65 bits per heavy atom. The van der Waals surface area contributed by atoms with Crippen molar-refractivity contribution in [2.75, 3.05) is 26.2 Å². The second-order valence-electron chi connectivity index (χ2n) is 7.30. The molecule has 0 aliphatic heterocycles. The van der Waals surface area contributed by atoms with E-state index in [1.54, 1.807) is 53.1 Å². The maximum atomic E-state index is 12.9. The normalized spacial score (nSPS) is 12.3. The number of methoxy groups -OCH3 is 2. The van der Waals surface area contributed by atoms with Gasteiger partial charge in [-0.05, 0) is 38.8 Å². The number of anilines is 1. The highest BCUT2D eigenvalue weighted by molar-refractivity contribution is 5.98. The van der Waals surface area contributed by atoms with Crippen molar-refractivity contribution in [2.24, 2.45) is 5.92 Å². The van der Waals surface area contributed by atoms with E-state index < -0.39 is 17.7 Å². The van der Waals surface area contributed by atoms with E-state index in [4.69, 9.17) is 14.2 Å². The van der Waals surface area contributed by atoms with Gasteiger partial charge in [-0.15, -0.1) is 0 Å². The summed E-state index contributed by atoms with van der Waals surface area (Å²) < 4.78 is 15.8. The highest BCUT2D eigenvalue weighted by Crippen LogP contribution is 2.31. The molecule has 1 N–H and O–H groups in total. The maximum absolute atomic E-state index is 12.9. The third-order valence-corrected chi connectivity index (χ3v) is 3.69. The average Bonchev–Trinajstić information content (AvgIpc) is 2.55. The SMILES string of the molecule is COc1ccc(N(C)C(=O)C(NC(=O)OC(C)(C)C)C(C)C)cc1OC. The van der Waals surface area contributed by atoms with Crippen LogP contribution in [0.1, 0.15) is 34.6 Å². The zero-order valence-electron chi connectivity index (χ0n) is 16.9. The minimum absolute atomic E-state index is 0.113. The van der Waals surface area contributed by atoms with Crippen molar-refractivity contribution in [1.29, 1.82) is 0 Å². The molecule has 1 aromatic rings. The van der Waals surface area contributed by atoms with Gasteiger partial charge in [-0.3, -0.25) is 4.79 Å². The molecule has 2 amide bonds. The summed E-state index contributed by atoms with van der Waals surface area (Å²) in [6, 6.07) is 4.47. The number of carbonyl (C=O) groups excluding carboxylic acids is 2. The number of likely N-dealkylation sites (N-methyl/N-ethyl adjacent to an activating group) is 1. The highest BCUT2D eigenvalue weighted by Gasteiger charge is 2.30. The van der Waals surface area contributed by atoms with Gasteiger partial charge in [0.1, 0.15) is 11.6 Å². The molecule has 0 radical (unpaired) electrons. The van der Waals surface area contributed by atoms with Gasteiger partial charge in [0, 0.05) is 18.8 Å². The van der Waals surface area contributed by atoms with Crippen LogP contribution >= 0.6 is 0 Å². The molecule has 1 aromatic carbocycles. The summed E-state index contributed by atoms with van der Waals surface area (Å²) >= 11 is 0. The largest absolute Gasteiger partial charge is 0.493 e. The van der Waals surface area contributed by atoms with Gasteiger partial charge in [-0.25, -0.2) is 4.79 Å². The number of hydrogen-bond acceptors (Lipinski definition) is 5. The fourth-order valence-electron chi connectivity index (χ4n) is 2.32. The Balaban J connectivity index is 2.99. The van der Waals surface area contributed by atoms with Gasteiger partial charge < -0.3 is 24.4 Å². The lowest BCUT2D eigenvalue weighted by Crippen LogP contribution is -2.51. The lowest BCUT2D eigenvalue weighted by molar-refractivity contribution is -0.121. The van der Waals surface area contributed by atoms with E-state index in [1.165, 1.54) is 12.0 Å².